The number of thiophene rings is 1. The minimum atomic E-state index is -3.52. The summed E-state index contributed by atoms with van der Waals surface area (Å²) >= 11 is 0.860. The first-order valence-corrected chi connectivity index (χ1v) is 4.97. The number of alkyl halides is 2. The van der Waals surface area contributed by atoms with Crippen molar-refractivity contribution in [2.75, 3.05) is 6.61 Å². The molecule has 1 aromatic heterocycles. The second-order valence-corrected chi connectivity index (χ2v) is 3.69. The van der Waals surface area contributed by atoms with E-state index in [9.17, 15) is 13.6 Å². The van der Waals surface area contributed by atoms with Crippen molar-refractivity contribution in [3.8, 4) is 0 Å². The fourth-order valence-electron chi connectivity index (χ4n) is 0.918. The third-order valence-electron chi connectivity index (χ3n) is 1.57. The molecule has 0 atom stereocenters. The molecule has 0 unspecified atom stereocenters. The van der Waals surface area contributed by atoms with Crippen LogP contribution in [-0.4, -0.2) is 12.6 Å². The number of carbonyl (C=O) groups excluding carboxylic acids is 1. The maximum Gasteiger partial charge on any atom is 0.382 e. The molecule has 1 aromatic rings. The molecule has 0 radical (unpaired) electrons. The summed E-state index contributed by atoms with van der Waals surface area (Å²) in [6.07, 6.45) is 0. The molecule has 14 heavy (non-hydrogen) atoms. The van der Waals surface area contributed by atoms with Gasteiger partial charge in [-0.2, -0.15) is 8.78 Å². The molecule has 1 rings (SSSR count). The van der Waals surface area contributed by atoms with Gasteiger partial charge in [0.1, 0.15) is 0 Å². The maximum atomic E-state index is 13.3. The number of aryl methyl sites for hydroxylation is 1. The number of rotatable bonds is 3. The molecular formula is C9H10F2O2S. The van der Waals surface area contributed by atoms with Crippen molar-refractivity contribution in [2.45, 2.75) is 19.8 Å². The Morgan fingerprint density at radius 3 is 2.71 bits per heavy atom. The van der Waals surface area contributed by atoms with Gasteiger partial charge in [0, 0.05) is 0 Å². The number of carbonyl (C=O) groups is 1. The molecule has 0 aliphatic rings. The van der Waals surface area contributed by atoms with E-state index in [0.29, 0.717) is 5.56 Å². The van der Waals surface area contributed by atoms with Crippen LogP contribution in [-0.2, 0) is 15.5 Å². The molecule has 5 heteroatoms. The van der Waals surface area contributed by atoms with Crippen molar-refractivity contribution in [1.82, 2.24) is 0 Å². The quantitative estimate of drug-likeness (QED) is 0.732. The Bertz CT molecular complexity index is 333. The second kappa shape index (κ2) is 4.04. The first kappa shape index (κ1) is 11.1. The minimum absolute atomic E-state index is 0.0429. The zero-order valence-electron chi connectivity index (χ0n) is 7.84. The Kier molecular flexibility index (Phi) is 3.21. The standard InChI is InChI=1S/C9H10F2O2S/c1-3-13-8(12)9(10,11)7-4-6(2)5-14-7/h4-5H,3H2,1-2H3. The van der Waals surface area contributed by atoms with E-state index in [4.69, 9.17) is 0 Å². The van der Waals surface area contributed by atoms with E-state index >= 15 is 0 Å². The lowest BCUT2D eigenvalue weighted by molar-refractivity contribution is -0.172. The highest BCUT2D eigenvalue weighted by Gasteiger charge is 2.43. The number of hydrogen-bond acceptors (Lipinski definition) is 3. The Morgan fingerprint density at radius 1 is 1.64 bits per heavy atom. The second-order valence-electron chi connectivity index (χ2n) is 2.78. The van der Waals surface area contributed by atoms with E-state index in [1.165, 1.54) is 13.0 Å². The van der Waals surface area contributed by atoms with Crippen LogP contribution in [0.3, 0.4) is 0 Å². The van der Waals surface area contributed by atoms with Crippen molar-refractivity contribution in [1.29, 1.82) is 0 Å². The summed E-state index contributed by atoms with van der Waals surface area (Å²) in [4.78, 5) is 10.6. The van der Waals surface area contributed by atoms with Gasteiger partial charge in [-0.25, -0.2) is 4.79 Å². The molecule has 0 bridgehead atoms. The molecular weight excluding hydrogens is 210 g/mol. The lowest BCUT2D eigenvalue weighted by atomic mass is 10.2. The fourth-order valence-corrected chi connectivity index (χ4v) is 1.78. The lowest BCUT2D eigenvalue weighted by Crippen LogP contribution is -2.27. The summed E-state index contributed by atoms with van der Waals surface area (Å²) in [5.41, 5.74) is 0.717. The highest BCUT2D eigenvalue weighted by molar-refractivity contribution is 7.10. The molecule has 0 aromatic carbocycles. The van der Waals surface area contributed by atoms with Gasteiger partial charge >= 0.3 is 11.9 Å². The van der Waals surface area contributed by atoms with Crippen LogP contribution in [0, 0.1) is 6.92 Å². The van der Waals surface area contributed by atoms with Gasteiger partial charge in [-0.05, 0) is 30.9 Å². The topological polar surface area (TPSA) is 26.3 Å². The van der Waals surface area contributed by atoms with E-state index < -0.39 is 11.9 Å². The average molecular weight is 220 g/mol. The van der Waals surface area contributed by atoms with Crippen molar-refractivity contribution in [3.05, 3.63) is 21.9 Å². The largest absolute Gasteiger partial charge is 0.461 e. The van der Waals surface area contributed by atoms with Gasteiger partial charge in [-0.3, -0.25) is 0 Å². The molecule has 0 spiro atoms. The van der Waals surface area contributed by atoms with Crippen LogP contribution >= 0.6 is 11.3 Å². The van der Waals surface area contributed by atoms with E-state index in [0.717, 1.165) is 11.3 Å². The van der Waals surface area contributed by atoms with E-state index in [1.54, 1.807) is 12.3 Å². The van der Waals surface area contributed by atoms with Crippen LogP contribution in [0.1, 0.15) is 17.4 Å². The molecule has 1 heterocycles. The Labute approximate surface area is 84.5 Å². The zero-order valence-corrected chi connectivity index (χ0v) is 8.66. The van der Waals surface area contributed by atoms with Crippen molar-refractivity contribution >= 4 is 17.3 Å². The molecule has 0 aliphatic carbocycles. The first-order valence-electron chi connectivity index (χ1n) is 4.09. The SMILES string of the molecule is CCOC(=O)C(F)(F)c1cc(C)cs1. The molecule has 0 aliphatic heterocycles. The first-order chi connectivity index (χ1) is 6.48. The van der Waals surface area contributed by atoms with Gasteiger partial charge in [-0.15, -0.1) is 11.3 Å². The summed E-state index contributed by atoms with van der Waals surface area (Å²) in [5.74, 6) is -5.00. The number of hydrogen-bond donors (Lipinski definition) is 0. The molecule has 0 saturated heterocycles. The molecule has 0 amide bonds. The van der Waals surface area contributed by atoms with Crippen LogP contribution in [0.4, 0.5) is 8.78 Å². The third kappa shape index (κ3) is 2.09. The molecule has 0 fully saturated rings. The van der Waals surface area contributed by atoms with Gasteiger partial charge < -0.3 is 4.74 Å². The maximum absolute atomic E-state index is 13.3. The van der Waals surface area contributed by atoms with E-state index in [-0.39, 0.29) is 11.5 Å². The lowest BCUT2D eigenvalue weighted by Gasteiger charge is -2.12. The normalized spacial score (nSPS) is 11.4. The van der Waals surface area contributed by atoms with Gasteiger partial charge in [-0.1, -0.05) is 0 Å². The molecule has 2 nitrogen and oxygen atoms in total. The molecule has 0 N–H and O–H groups in total. The van der Waals surface area contributed by atoms with E-state index in [1.807, 2.05) is 0 Å². The Morgan fingerprint density at radius 2 is 2.29 bits per heavy atom. The predicted molar refractivity (Wildman–Crippen MR) is 49.6 cm³/mol. The van der Waals surface area contributed by atoms with E-state index in [2.05, 4.69) is 4.74 Å². The number of esters is 1. The minimum Gasteiger partial charge on any atom is -0.461 e. The third-order valence-corrected chi connectivity index (χ3v) is 2.69. The summed E-state index contributed by atoms with van der Waals surface area (Å²) in [5, 5.41) is 1.57. The number of ether oxygens (including phenoxy) is 1. The number of halogens is 2. The van der Waals surface area contributed by atoms with Crippen molar-refractivity contribution in [2.24, 2.45) is 0 Å². The smallest absolute Gasteiger partial charge is 0.382 e. The fraction of sp³-hybridized carbons (Fsp3) is 0.444. The average Bonchev–Trinajstić information content (AvgIpc) is 2.52. The van der Waals surface area contributed by atoms with Crippen LogP contribution in [0.5, 0.6) is 0 Å². The van der Waals surface area contributed by atoms with Crippen molar-refractivity contribution in [3.63, 3.8) is 0 Å². The molecule has 0 saturated carbocycles. The monoisotopic (exact) mass is 220 g/mol. The zero-order chi connectivity index (χ0) is 10.8. The Hall–Kier alpha value is -0.970. The van der Waals surface area contributed by atoms with Crippen LogP contribution < -0.4 is 0 Å². The van der Waals surface area contributed by atoms with Gasteiger partial charge in [0.25, 0.3) is 0 Å². The van der Waals surface area contributed by atoms with Crippen LogP contribution in [0.15, 0.2) is 11.4 Å². The van der Waals surface area contributed by atoms with Gasteiger partial charge in [0.2, 0.25) is 0 Å². The highest BCUT2D eigenvalue weighted by atomic mass is 32.1. The summed E-state index contributed by atoms with van der Waals surface area (Å²) < 4.78 is 30.9. The Balaban J connectivity index is 2.89. The van der Waals surface area contributed by atoms with Gasteiger partial charge in [0.05, 0.1) is 11.5 Å². The van der Waals surface area contributed by atoms with Crippen LogP contribution in [0.2, 0.25) is 0 Å². The van der Waals surface area contributed by atoms with Crippen LogP contribution in [0.25, 0.3) is 0 Å². The summed E-state index contributed by atoms with van der Waals surface area (Å²) in [6, 6.07) is 1.29. The summed E-state index contributed by atoms with van der Waals surface area (Å²) in [6.45, 7) is 3.15. The van der Waals surface area contributed by atoms with Crippen molar-refractivity contribution < 1.29 is 18.3 Å². The summed E-state index contributed by atoms with van der Waals surface area (Å²) in [7, 11) is 0. The predicted octanol–water partition coefficient (Wildman–Crippen LogP) is 2.71. The van der Waals surface area contributed by atoms with Gasteiger partial charge in [0.15, 0.2) is 0 Å². The molecule has 78 valence electrons. The highest BCUT2D eigenvalue weighted by Crippen LogP contribution is 2.33.